The summed E-state index contributed by atoms with van der Waals surface area (Å²) in [4.78, 5) is 25.2. The van der Waals surface area contributed by atoms with E-state index in [0.29, 0.717) is 23.0 Å². The molecule has 136 valence electrons. The highest BCUT2D eigenvalue weighted by atomic mass is 32.2. The normalized spacial score (nSPS) is 19.7. The molecule has 0 saturated heterocycles. The summed E-state index contributed by atoms with van der Waals surface area (Å²) in [7, 11) is 0. The van der Waals surface area contributed by atoms with Crippen molar-refractivity contribution in [1.82, 2.24) is 9.97 Å². The molecule has 0 fully saturated rings. The molecule has 8 heteroatoms. The molecule has 1 aromatic carbocycles. The molecular weight excluding hydrogens is 350 g/mol. The molecule has 1 atom stereocenters. The van der Waals surface area contributed by atoms with Crippen LogP contribution in [0.4, 0.5) is 5.69 Å². The molecule has 1 aromatic heterocycles. The number of nitrogens with one attached hydrogen (secondary N) is 1. The predicted molar refractivity (Wildman–Crippen MR) is 103 cm³/mol. The van der Waals surface area contributed by atoms with Crippen LogP contribution in [0.5, 0.6) is 0 Å². The third-order valence-corrected chi connectivity index (χ3v) is 5.04. The summed E-state index contributed by atoms with van der Waals surface area (Å²) >= 11 is 1.56. The van der Waals surface area contributed by atoms with Gasteiger partial charge in [0.1, 0.15) is 5.69 Å². The van der Waals surface area contributed by atoms with Crippen LogP contribution < -0.4 is 11.1 Å². The lowest BCUT2D eigenvalue weighted by Gasteiger charge is -2.30. The van der Waals surface area contributed by atoms with Crippen LogP contribution in [0.2, 0.25) is 0 Å². The molecule has 0 unspecified atom stereocenters. The lowest BCUT2D eigenvalue weighted by atomic mass is 9.89. The smallest absolute Gasteiger partial charge is 0.275 e. The van der Waals surface area contributed by atoms with Crippen molar-refractivity contribution in [2.45, 2.75) is 25.3 Å². The molecule has 0 radical (unpaired) electrons. The molecule has 0 spiro atoms. The van der Waals surface area contributed by atoms with Crippen LogP contribution in [-0.4, -0.2) is 38.5 Å². The van der Waals surface area contributed by atoms with E-state index in [4.69, 9.17) is 10.8 Å². The van der Waals surface area contributed by atoms with Crippen molar-refractivity contribution in [2.75, 3.05) is 17.7 Å². The minimum atomic E-state index is -0.387. The zero-order valence-electron chi connectivity index (χ0n) is 14.5. The Kier molecular flexibility index (Phi) is 5.53. The van der Waals surface area contributed by atoms with E-state index < -0.39 is 0 Å². The molecule has 4 N–H and O–H groups in total. The number of carbonyl (C=O) groups excluding carboxylic acids is 1. The van der Waals surface area contributed by atoms with Crippen LogP contribution in [0.15, 0.2) is 41.7 Å². The van der Waals surface area contributed by atoms with Gasteiger partial charge in [0.25, 0.3) is 5.91 Å². The minimum Gasteiger partial charge on any atom is -0.396 e. The van der Waals surface area contributed by atoms with E-state index in [0.717, 1.165) is 17.7 Å². The number of hydrogen-bond donors (Lipinski definition) is 3. The van der Waals surface area contributed by atoms with E-state index in [-0.39, 0.29) is 23.7 Å². The molecule has 1 aliphatic rings. The lowest BCUT2D eigenvalue weighted by Crippen LogP contribution is -2.28. The third-order valence-electron chi connectivity index (χ3n) is 4.24. The van der Waals surface area contributed by atoms with Crippen LogP contribution in [0.25, 0.3) is 0 Å². The number of hydrogen-bond acceptors (Lipinski definition) is 7. The Morgan fingerprint density at radius 1 is 1.38 bits per heavy atom. The fourth-order valence-electron chi connectivity index (χ4n) is 2.74. The summed E-state index contributed by atoms with van der Waals surface area (Å²) in [5.41, 5.74) is 8.04. The Labute approximate surface area is 156 Å². The fourth-order valence-corrected chi connectivity index (χ4v) is 3.71. The summed E-state index contributed by atoms with van der Waals surface area (Å²) in [6, 6.07) is 7.62. The maximum absolute atomic E-state index is 12.4. The Bertz CT molecular complexity index is 825. The highest BCUT2D eigenvalue weighted by molar-refractivity contribution is 8.13. The maximum Gasteiger partial charge on any atom is 0.275 e. The number of thioether (sulfide) groups is 1. The summed E-state index contributed by atoms with van der Waals surface area (Å²) in [6.07, 6.45) is 4.21. The topological polar surface area (TPSA) is 113 Å². The van der Waals surface area contributed by atoms with Gasteiger partial charge in [0, 0.05) is 30.7 Å². The number of nitrogens with two attached hydrogens (primary N) is 1. The van der Waals surface area contributed by atoms with Crippen molar-refractivity contribution < 1.29 is 9.90 Å². The highest BCUT2D eigenvalue weighted by Crippen LogP contribution is 2.35. The number of anilines is 1. The summed E-state index contributed by atoms with van der Waals surface area (Å²) in [5.74, 6) is 0.579. The predicted octanol–water partition coefficient (Wildman–Crippen LogP) is 1.93. The number of nitrogens with zero attached hydrogens (tertiary/aromatic N) is 3. The van der Waals surface area contributed by atoms with E-state index in [1.807, 2.05) is 31.2 Å². The standard InChI is InChI=1S/C18H21N5O2S/c1-18(6-8-26-17(19)23-18)12-3-2-4-13(9-12)22-16(25)15-11-20-14(5-7-24)10-21-15/h2-4,9-11,24H,5-8H2,1H3,(H2,19,23)(H,22,25)/t18-/m0/s1. The lowest BCUT2D eigenvalue weighted by molar-refractivity contribution is 0.102. The maximum atomic E-state index is 12.4. The molecule has 0 aliphatic carbocycles. The number of aliphatic hydroxyl groups excluding tert-OH is 1. The van der Waals surface area contributed by atoms with Gasteiger partial charge < -0.3 is 16.2 Å². The summed E-state index contributed by atoms with van der Waals surface area (Å²) in [6.45, 7) is 2.04. The zero-order valence-corrected chi connectivity index (χ0v) is 15.3. The summed E-state index contributed by atoms with van der Waals surface area (Å²) in [5, 5.41) is 12.3. The Morgan fingerprint density at radius 2 is 2.23 bits per heavy atom. The molecule has 0 saturated carbocycles. The third kappa shape index (κ3) is 4.20. The molecule has 2 heterocycles. The van der Waals surface area contributed by atoms with Crippen LogP contribution in [0, 0.1) is 0 Å². The monoisotopic (exact) mass is 371 g/mol. The number of aliphatic hydroxyl groups is 1. The van der Waals surface area contributed by atoms with E-state index in [1.54, 1.807) is 11.8 Å². The molecule has 0 bridgehead atoms. The SMILES string of the molecule is C[C@@]1(c2cccc(NC(=O)c3cnc(CCO)cn3)c2)CCSC(N)=N1. The fraction of sp³-hybridized carbons (Fsp3) is 0.333. The first-order valence-electron chi connectivity index (χ1n) is 8.32. The first-order valence-corrected chi connectivity index (χ1v) is 9.30. The molecule has 7 nitrogen and oxygen atoms in total. The molecule has 1 amide bonds. The van der Waals surface area contributed by atoms with Gasteiger partial charge in [-0.05, 0) is 31.0 Å². The summed E-state index contributed by atoms with van der Waals surface area (Å²) < 4.78 is 0. The van der Waals surface area contributed by atoms with E-state index in [9.17, 15) is 4.79 Å². The average Bonchev–Trinajstić information content (AvgIpc) is 2.63. The van der Waals surface area contributed by atoms with Crippen molar-refractivity contribution in [3.63, 3.8) is 0 Å². The number of amides is 1. The number of benzene rings is 1. The number of carbonyl (C=O) groups is 1. The van der Waals surface area contributed by atoms with Crippen molar-refractivity contribution >= 4 is 28.5 Å². The Morgan fingerprint density at radius 3 is 2.92 bits per heavy atom. The molecule has 2 aromatic rings. The van der Waals surface area contributed by atoms with E-state index >= 15 is 0 Å². The number of aromatic nitrogens is 2. The molecule has 26 heavy (non-hydrogen) atoms. The van der Waals surface area contributed by atoms with Crippen LogP contribution in [0.3, 0.4) is 0 Å². The second kappa shape index (κ2) is 7.84. The number of aliphatic imine (C=N–C) groups is 1. The Hall–Kier alpha value is -2.45. The van der Waals surface area contributed by atoms with Gasteiger partial charge in [0.2, 0.25) is 0 Å². The van der Waals surface area contributed by atoms with Gasteiger partial charge in [0.15, 0.2) is 5.17 Å². The van der Waals surface area contributed by atoms with Gasteiger partial charge in [-0.1, -0.05) is 23.9 Å². The second-order valence-corrected chi connectivity index (χ2v) is 7.34. The second-order valence-electron chi connectivity index (χ2n) is 6.22. The first kappa shape index (κ1) is 18.3. The number of rotatable bonds is 5. The van der Waals surface area contributed by atoms with E-state index in [1.165, 1.54) is 12.4 Å². The van der Waals surface area contributed by atoms with Gasteiger partial charge in [0.05, 0.1) is 17.4 Å². The highest BCUT2D eigenvalue weighted by Gasteiger charge is 2.29. The zero-order chi connectivity index (χ0) is 18.6. The van der Waals surface area contributed by atoms with E-state index in [2.05, 4.69) is 20.3 Å². The average molecular weight is 371 g/mol. The van der Waals surface area contributed by atoms with Gasteiger partial charge in [-0.3, -0.25) is 14.8 Å². The van der Waals surface area contributed by atoms with Crippen molar-refractivity contribution in [2.24, 2.45) is 10.7 Å². The Balaban J connectivity index is 1.76. The van der Waals surface area contributed by atoms with Crippen LogP contribution in [0.1, 0.15) is 35.1 Å². The molecule has 3 rings (SSSR count). The van der Waals surface area contributed by atoms with Crippen molar-refractivity contribution in [3.8, 4) is 0 Å². The minimum absolute atomic E-state index is 0.00269. The van der Waals surface area contributed by atoms with Gasteiger partial charge in [-0.2, -0.15) is 0 Å². The van der Waals surface area contributed by atoms with Gasteiger partial charge >= 0.3 is 0 Å². The van der Waals surface area contributed by atoms with Crippen molar-refractivity contribution in [1.29, 1.82) is 0 Å². The van der Waals surface area contributed by atoms with Gasteiger partial charge in [-0.15, -0.1) is 0 Å². The quantitative estimate of drug-likeness (QED) is 0.740. The van der Waals surface area contributed by atoms with Crippen LogP contribution >= 0.6 is 11.8 Å². The molecule has 1 aliphatic heterocycles. The first-order chi connectivity index (χ1) is 12.5. The largest absolute Gasteiger partial charge is 0.396 e. The van der Waals surface area contributed by atoms with Crippen LogP contribution in [-0.2, 0) is 12.0 Å². The van der Waals surface area contributed by atoms with Gasteiger partial charge in [-0.25, -0.2) is 4.98 Å². The molecular formula is C18H21N5O2S. The van der Waals surface area contributed by atoms with Crippen molar-refractivity contribution in [3.05, 3.63) is 53.6 Å². The number of amidine groups is 1.